The van der Waals surface area contributed by atoms with E-state index < -0.39 is 4.92 Å². The van der Waals surface area contributed by atoms with Gasteiger partial charge >= 0.3 is 5.69 Å². The van der Waals surface area contributed by atoms with Gasteiger partial charge in [0.1, 0.15) is 18.2 Å². The molecule has 100 valence electrons. The molecule has 8 heteroatoms. The number of carbonyl (C=O) groups excluding carboxylic acids is 1. The average molecular weight is 264 g/mol. The zero-order valence-electron chi connectivity index (χ0n) is 9.98. The molecular formula is C11H12N4O4. The molecule has 2 rings (SSSR count). The fourth-order valence-corrected chi connectivity index (χ4v) is 1.47. The summed E-state index contributed by atoms with van der Waals surface area (Å²) in [4.78, 5) is 21.4. The van der Waals surface area contributed by atoms with Gasteiger partial charge in [0.15, 0.2) is 0 Å². The van der Waals surface area contributed by atoms with E-state index in [-0.39, 0.29) is 24.6 Å². The van der Waals surface area contributed by atoms with E-state index in [1.165, 1.54) is 17.1 Å². The lowest BCUT2D eigenvalue weighted by molar-refractivity contribution is -0.385. The van der Waals surface area contributed by atoms with Gasteiger partial charge < -0.3 is 9.73 Å². The normalized spacial score (nSPS) is 10.3. The van der Waals surface area contributed by atoms with E-state index in [0.29, 0.717) is 12.3 Å². The van der Waals surface area contributed by atoms with Gasteiger partial charge in [0.05, 0.1) is 17.7 Å². The third-order valence-electron chi connectivity index (χ3n) is 2.44. The highest BCUT2D eigenvalue weighted by Gasteiger charge is 2.09. The van der Waals surface area contributed by atoms with Gasteiger partial charge in [-0.1, -0.05) is 0 Å². The molecule has 1 amide bonds. The second kappa shape index (κ2) is 5.80. The molecule has 19 heavy (non-hydrogen) atoms. The maximum absolute atomic E-state index is 11.5. The third-order valence-corrected chi connectivity index (χ3v) is 2.44. The Balaban J connectivity index is 1.75. The van der Waals surface area contributed by atoms with E-state index in [1.807, 2.05) is 0 Å². The van der Waals surface area contributed by atoms with E-state index in [1.54, 1.807) is 12.1 Å². The number of aryl methyl sites for hydroxylation is 1. The number of furan rings is 1. The van der Waals surface area contributed by atoms with Crippen LogP contribution < -0.4 is 5.32 Å². The summed E-state index contributed by atoms with van der Waals surface area (Å²) >= 11 is 0. The standard InChI is InChI=1S/C11H12N4O4/c16-11(12-7-10-2-1-5-19-10)3-4-14-8-9(6-13-14)15(17)18/h1-2,5-6,8H,3-4,7H2,(H,12,16). The van der Waals surface area contributed by atoms with Crippen LogP contribution in [0.3, 0.4) is 0 Å². The van der Waals surface area contributed by atoms with Gasteiger partial charge in [-0.15, -0.1) is 0 Å². The smallest absolute Gasteiger partial charge is 0.306 e. The highest BCUT2D eigenvalue weighted by molar-refractivity contribution is 5.75. The number of amides is 1. The van der Waals surface area contributed by atoms with Gasteiger partial charge in [-0.2, -0.15) is 5.10 Å². The Morgan fingerprint density at radius 3 is 3.05 bits per heavy atom. The number of hydrogen-bond acceptors (Lipinski definition) is 5. The van der Waals surface area contributed by atoms with Crippen LogP contribution in [0.2, 0.25) is 0 Å². The van der Waals surface area contributed by atoms with Gasteiger partial charge in [-0.25, -0.2) is 0 Å². The molecule has 0 aliphatic heterocycles. The number of nitro groups is 1. The summed E-state index contributed by atoms with van der Waals surface area (Å²) < 4.78 is 6.43. The van der Waals surface area contributed by atoms with E-state index in [9.17, 15) is 14.9 Å². The maximum Gasteiger partial charge on any atom is 0.306 e. The fourth-order valence-electron chi connectivity index (χ4n) is 1.47. The van der Waals surface area contributed by atoms with Crippen LogP contribution in [0.15, 0.2) is 35.2 Å². The Bertz CT molecular complexity index is 561. The molecule has 8 nitrogen and oxygen atoms in total. The first kappa shape index (κ1) is 12.8. The Morgan fingerprint density at radius 1 is 1.58 bits per heavy atom. The summed E-state index contributed by atoms with van der Waals surface area (Å²) in [6.07, 6.45) is 4.17. The molecular weight excluding hydrogens is 252 g/mol. The van der Waals surface area contributed by atoms with Crippen molar-refractivity contribution in [1.29, 1.82) is 0 Å². The first-order valence-corrected chi connectivity index (χ1v) is 5.61. The summed E-state index contributed by atoms with van der Waals surface area (Å²) in [7, 11) is 0. The van der Waals surface area contributed by atoms with E-state index >= 15 is 0 Å². The summed E-state index contributed by atoms with van der Waals surface area (Å²) in [5, 5.41) is 16.9. The number of rotatable bonds is 6. The SMILES string of the molecule is O=C(CCn1cc([N+](=O)[O-])cn1)NCc1ccco1. The lowest BCUT2D eigenvalue weighted by Gasteiger charge is -2.03. The van der Waals surface area contributed by atoms with Crippen molar-refractivity contribution in [1.82, 2.24) is 15.1 Å². The van der Waals surface area contributed by atoms with Gasteiger partial charge in [0, 0.05) is 13.0 Å². The number of nitrogens with one attached hydrogen (secondary N) is 1. The second-order valence-corrected chi connectivity index (χ2v) is 3.82. The van der Waals surface area contributed by atoms with Crippen molar-refractivity contribution in [2.45, 2.75) is 19.5 Å². The molecule has 0 aromatic carbocycles. The number of nitrogens with zero attached hydrogens (tertiary/aromatic N) is 3. The molecule has 0 bridgehead atoms. The molecule has 0 saturated carbocycles. The fraction of sp³-hybridized carbons (Fsp3) is 0.273. The highest BCUT2D eigenvalue weighted by atomic mass is 16.6. The molecule has 2 heterocycles. The summed E-state index contributed by atoms with van der Waals surface area (Å²) in [5.41, 5.74) is -0.0870. The predicted octanol–water partition coefficient (Wildman–Crippen LogP) is 1.09. The predicted molar refractivity (Wildman–Crippen MR) is 64.1 cm³/mol. The largest absolute Gasteiger partial charge is 0.467 e. The first-order chi connectivity index (χ1) is 9.15. The van der Waals surface area contributed by atoms with Crippen molar-refractivity contribution in [2.24, 2.45) is 0 Å². The number of carbonyl (C=O) groups is 1. The highest BCUT2D eigenvalue weighted by Crippen LogP contribution is 2.08. The van der Waals surface area contributed by atoms with Crippen LogP contribution in [0.4, 0.5) is 5.69 Å². The van der Waals surface area contributed by atoms with Crippen LogP contribution in [0, 0.1) is 10.1 Å². The number of aromatic nitrogens is 2. The van der Waals surface area contributed by atoms with Crippen molar-refractivity contribution in [3.63, 3.8) is 0 Å². The van der Waals surface area contributed by atoms with Crippen molar-refractivity contribution in [3.05, 3.63) is 46.7 Å². The van der Waals surface area contributed by atoms with Crippen LogP contribution in [-0.2, 0) is 17.9 Å². The zero-order valence-corrected chi connectivity index (χ0v) is 9.98. The molecule has 0 radical (unpaired) electrons. The molecule has 0 aliphatic carbocycles. The molecule has 2 aromatic rings. The molecule has 0 unspecified atom stereocenters. The monoisotopic (exact) mass is 264 g/mol. The molecule has 0 fully saturated rings. The Labute approximate surface area is 108 Å². The van der Waals surface area contributed by atoms with Crippen molar-refractivity contribution >= 4 is 11.6 Å². The van der Waals surface area contributed by atoms with Crippen molar-refractivity contribution in [2.75, 3.05) is 0 Å². The van der Waals surface area contributed by atoms with Crippen molar-refractivity contribution < 1.29 is 14.1 Å². The maximum atomic E-state index is 11.5. The molecule has 0 atom stereocenters. The first-order valence-electron chi connectivity index (χ1n) is 5.61. The van der Waals surface area contributed by atoms with Crippen LogP contribution in [0.5, 0.6) is 0 Å². The molecule has 0 saturated heterocycles. The molecule has 1 N–H and O–H groups in total. The van der Waals surface area contributed by atoms with Crippen LogP contribution in [0.25, 0.3) is 0 Å². The third kappa shape index (κ3) is 3.66. The lowest BCUT2D eigenvalue weighted by atomic mass is 10.3. The lowest BCUT2D eigenvalue weighted by Crippen LogP contribution is -2.23. The summed E-state index contributed by atoms with van der Waals surface area (Å²) in [6.45, 7) is 0.614. The van der Waals surface area contributed by atoms with Gasteiger partial charge in [-0.05, 0) is 12.1 Å². The average Bonchev–Trinajstić information content (AvgIpc) is 3.05. The Kier molecular flexibility index (Phi) is 3.91. The Hall–Kier alpha value is -2.64. The minimum atomic E-state index is -0.527. The number of hydrogen-bond donors (Lipinski definition) is 1. The topological polar surface area (TPSA) is 103 Å². The Morgan fingerprint density at radius 2 is 2.42 bits per heavy atom. The minimum Gasteiger partial charge on any atom is -0.467 e. The van der Waals surface area contributed by atoms with Crippen molar-refractivity contribution in [3.8, 4) is 0 Å². The van der Waals surface area contributed by atoms with Gasteiger partial charge in [0.25, 0.3) is 0 Å². The van der Waals surface area contributed by atoms with Crippen LogP contribution in [0.1, 0.15) is 12.2 Å². The van der Waals surface area contributed by atoms with Gasteiger partial charge in [0.2, 0.25) is 5.91 Å². The quantitative estimate of drug-likeness (QED) is 0.621. The van der Waals surface area contributed by atoms with Gasteiger partial charge in [-0.3, -0.25) is 19.6 Å². The molecule has 0 aliphatic rings. The zero-order chi connectivity index (χ0) is 13.7. The summed E-state index contributed by atoms with van der Waals surface area (Å²) in [5.74, 6) is 0.498. The van der Waals surface area contributed by atoms with E-state index in [4.69, 9.17) is 4.42 Å². The summed E-state index contributed by atoms with van der Waals surface area (Å²) in [6, 6.07) is 3.50. The minimum absolute atomic E-state index is 0.0870. The second-order valence-electron chi connectivity index (χ2n) is 3.82. The van der Waals surface area contributed by atoms with E-state index in [0.717, 1.165) is 6.20 Å². The molecule has 0 spiro atoms. The molecule has 2 aromatic heterocycles. The van der Waals surface area contributed by atoms with Crippen LogP contribution >= 0.6 is 0 Å². The van der Waals surface area contributed by atoms with Crippen LogP contribution in [-0.4, -0.2) is 20.6 Å². The van der Waals surface area contributed by atoms with E-state index in [2.05, 4.69) is 10.4 Å².